The molecule has 0 aliphatic heterocycles. The Kier molecular flexibility index (Phi) is 3.07. The molecule has 1 aliphatic rings. The highest BCUT2D eigenvalue weighted by atomic mass is 35.5. The lowest BCUT2D eigenvalue weighted by molar-refractivity contribution is 0.850. The molecule has 1 aromatic carbocycles. The van der Waals surface area contributed by atoms with E-state index in [1.54, 1.807) is 11.8 Å². The van der Waals surface area contributed by atoms with Crippen LogP contribution in [0.15, 0.2) is 29.4 Å². The first-order valence-electron chi connectivity index (χ1n) is 6.65. The van der Waals surface area contributed by atoms with Gasteiger partial charge in [0.2, 0.25) is 5.16 Å². The molecule has 1 aliphatic carbocycles. The van der Waals surface area contributed by atoms with Crippen LogP contribution in [0.2, 0.25) is 0 Å². The molecule has 1 unspecified atom stereocenters. The summed E-state index contributed by atoms with van der Waals surface area (Å²) in [4.78, 5) is 4.63. The Morgan fingerprint density at radius 2 is 2.10 bits per heavy atom. The lowest BCUT2D eigenvalue weighted by Gasteiger charge is -2.01. The van der Waals surface area contributed by atoms with E-state index in [0.29, 0.717) is 11.1 Å². The molecule has 0 radical (unpaired) electrons. The van der Waals surface area contributed by atoms with Gasteiger partial charge in [0.25, 0.3) is 0 Å². The Bertz CT molecular complexity index is 845. The Morgan fingerprint density at radius 1 is 1.33 bits per heavy atom. The highest BCUT2D eigenvalue weighted by Crippen LogP contribution is 2.54. The SMILES string of the molecule is Cn1c2ccccc2c2nnc(SCC3CC3(Cl)Cl)nc21. The second kappa shape index (κ2) is 4.73. The van der Waals surface area contributed by atoms with E-state index < -0.39 is 4.33 Å². The summed E-state index contributed by atoms with van der Waals surface area (Å²) < 4.78 is 1.50. The Balaban J connectivity index is 1.69. The van der Waals surface area contributed by atoms with Crippen molar-refractivity contribution in [3.05, 3.63) is 24.3 Å². The van der Waals surface area contributed by atoms with Crippen LogP contribution in [0.5, 0.6) is 0 Å². The van der Waals surface area contributed by atoms with Crippen LogP contribution in [0.3, 0.4) is 0 Å². The fraction of sp³-hybridized carbons (Fsp3) is 0.357. The number of hydrogen-bond donors (Lipinski definition) is 0. The van der Waals surface area contributed by atoms with E-state index in [4.69, 9.17) is 23.2 Å². The number of benzene rings is 1. The zero-order valence-corrected chi connectivity index (χ0v) is 13.6. The Hall–Kier alpha value is -1.04. The van der Waals surface area contributed by atoms with Gasteiger partial charge in [-0.15, -0.1) is 33.4 Å². The van der Waals surface area contributed by atoms with Gasteiger partial charge in [-0.25, -0.2) is 4.98 Å². The number of thioether (sulfide) groups is 1. The van der Waals surface area contributed by atoms with E-state index in [1.165, 1.54) is 0 Å². The molecular weight excluding hydrogens is 327 g/mol. The number of fused-ring (bicyclic) bond motifs is 3. The van der Waals surface area contributed by atoms with E-state index in [9.17, 15) is 0 Å². The molecule has 0 amide bonds. The van der Waals surface area contributed by atoms with Crippen LogP contribution < -0.4 is 0 Å². The predicted octanol–water partition coefficient (Wildman–Crippen LogP) is 3.80. The van der Waals surface area contributed by atoms with Crippen LogP contribution >= 0.6 is 35.0 Å². The molecule has 4 nitrogen and oxygen atoms in total. The first-order chi connectivity index (χ1) is 10.1. The number of para-hydroxylation sites is 1. The van der Waals surface area contributed by atoms with Crippen molar-refractivity contribution in [3.63, 3.8) is 0 Å². The number of hydrogen-bond acceptors (Lipinski definition) is 4. The monoisotopic (exact) mass is 338 g/mol. The number of rotatable bonds is 3. The maximum absolute atomic E-state index is 6.04. The molecule has 0 bridgehead atoms. The second-order valence-electron chi connectivity index (χ2n) is 5.32. The quantitative estimate of drug-likeness (QED) is 0.538. The molecule has 7 heteroatoms. The number of alkyl halides is 2. The first-order valence-corrected chi connectivity index (χ1v) is 8.39. The average Bonchev–Trinajstić information content (AvgIpc) is 3.01. The van der Waals surface area contributed by atoms with Crippen molar-refractivity contribution in [1.82, 2.24) is 19.7 Å². The largest absolute Gasteiger partial charge is 0.327 e. The molecule has 1 atom stereocenters. The van der Waals surface area contributed by atoms with Crippen molar-refractivity contribution in [3.8, 4) is 0 Å². The summed E-state index contributed by atoms with van der Waals surface area (Å²) in [7, 11) is 2.00. The molecule has 21 heavy (non-hydrogen) atoms. The smallest absolute Gasteiger partial charge is 0.211 e. The molecule has 1 fully saturated rings. The van der Waals surface area contributed by atoms with Crippen LogP contribution in [0.4, 0.5) is 0 Å². The third-order valence-electron chi connectivity index (χ3n) is 3.86. The number of aromatic nitrogens is 4. The minimum absolute atomic E-state index is 0.317. The van der Waals surface area contributed by atoms with Crippen molar-refractivity contribution in [2.75, 3.05) is 5.75 Å². The second-order valence-corrected chi connectivity index (χ2v) is 7.85. The molecule has 2 heterocycles. The van der Waals surface area contributed by atoms with Gasteiger partial charge in [-0.3, -0.25) is 0 Å². The zero-order valence-electron chi connectivity index (χ0n) is 11.3. The van der Waals surface area contributed by atoms with E-state index in [1.807, 2.05) is 29.8 Å². The predicted molar refractivity (Wildman–Crippen MR) is 87.1 cm³/mol. The van der Waals surface area contributed by atoms with Crippen LogP contribution in [0.1, 0.15) is 6.42 Å². The summed E-state index contributed by atoms with van der Waals surface area (Å²) in [6.45, 7) is 0. The molecule has 108 valence electrons. The molecular formula is C14H12Cl2N4S. The fourth-order valence-electron chi connectivity index (χ4n) is 2.48. The molecule has 3 aromatic rings. The van der Waals surface area contributed by atoms with Crippen molar-refractivity contribution in [2.45, 2.75) is 15.9 Å². The van der Waals surface area contributed by atoms with Crippen molar-refractivity contribution < 1.29 is 0 Å². The van der Waals surface area contributed by atoms with Gasteiger partial charge in [0.1, 0.15) is 9.85 Å². The summed E-state index contributed by atoms with van der Waals surface area (Å²) >= 11 is 13.6. The van der Waals surface area contributed by atoms with Gasteiger partial charge in [0.15, 0.2) is 5.65 Å². The van der Waals surface area contributed by atoms with Gasteiger partial charge < -0.3 is 4.57 Å². The van der Waals surface area contributed by atoms with Gasteiger partial charge in [-0.1, -0.05) is 30.0 Å². The standard InChI is InChI=1S/C14H12Cl2N4S/c1-20-10-5-3-2-4-9(10)11-12(20)17-13(19-18-11)21-7-8-6-14(8,15)16/h2-5,8H,6-7H2,1H3. The summed E-state index contributed by atoms with van der Waals surface area (Å²) in [5, 5.41) is 10.3. The van der Waals surface area contributed by atoms with Gasteiger partial charge in [0, 0.05) is 24.1 Å². The third kappa shape index (κ3) is 2.28. The van der Waals surface area contributed by atoms with Crippen LogP contribution in [0, 0.1) is 5.92 Å². The van der Waals surface area contributed by atoms with E-state index in [2.05, 4.69) is 21.2 Å². The third-order valence-corrected chi connectivity index (χ3v) is 5.78. The summed E-state index contributed by atoms with van der Waals surface area (Å²) in [6, 6.07) is 8.11. The highest BCUT2D eigenvalue weighted by Gasteiger charge is 2.51. The Labute approximate surface area is 135 Å². The van der Waals surface area contributed by atoms with Crippen molar-refractivity contribution >= 4 is 57.0 Å². The Morgan fingerprint density at radius 3 is 2.86 bits per heavy atom. The highest BCUT2D eigenvalue weighted by molar-refractivity contribution is 7.99. The molecule has 0 N–H and O–H groups in total. The van der Waals surface area contributed by atoms with Gasteiger partial charge in [-0.2, -0.15) is 0 Å². The van der Waals surface area contributed by atoms with E-state index in [-0.39, 0.29) is 0 Å². The van der Waals surface area contributed by atoms with E-state index >= 15 is 0 Å². The molecule has 2 aromatic heterocycles. The number of aryl methyl sites for hydroxylation is 1. The maximum Gasteiger partial charge on any atom is 0.211 e. The minimum atomic E-state index is -0.551. The molecule has 0 spiro atoms. The summed E-state index contributed by atoms with van der Waals surface area (Å²) in [5.41, 5.74) is 2.81. The van der Waals surface area contributed by atoms with Crippen molar-refractivity contribution in [1.29, 1.82) is 0 Å². The van der Waals surface area contributed by atoms with Crippen molar-refractivity contribution in [2.24, 2.45) is 13.0 Å². The zero-order chi connectivity index (χ0) is 14.6. The average molecular weight is 339 g/mol. The summed E-state index contributed by atoms with van der Waals surface area (Å²) in [5.74, 6) is 1.14. The minimum Gasteiger partial charge on any atom is -0.327 e. The lowest BCUT2D eigenvalue weighted by atomic mass is 10.2. The fourth-order valence-corrected chi connectivity index (χ4v) is 4.19. The van der Waals surface area contributed by atoms with Crippen LogP contribution in [-0.2, 0) is 7.05 Å². The molecule has 1 saturated carbocycles. The maximum atomic E-state index is 6.04. The lowest BCUT2D eigenvalue weighted by Crippen LogP contribution is -1.98. The van der Waals surface area contributed by atoms with Crippen LogP contribution in [0.25, 0.3) is 22.1 Å². The normalized spacial score (nSPS) is 20.2. The topological polar surface area (TPSA) is 43.6 Å². The summed E-state index contributed by atoms with van der Waals surface area (Å²) in [6.07, 6.45) is 0.840. The number of nitrogens with zero attached hydrogens (tertiary/aromatic N) is 4. The first kappa shape index (κ1) is 13.6. The van der Waals surface area contributed by atoms with Crippen LogP contribution in [-0.4, -0.2) is 29.8 Å². The van der Waals surface area contributed by atoms with Gasteiger partial charge >= 0.3 is 0 Å². The molecule has 0 saturated heterocycles. The van der Waals surface area contributed by atoms with Gasteiger partial charge in [-0.05, 0) is 12.5 Å². The number of halogens is 2. The van der Waals surface area contributed by atoms with Gasteiger partial charge in [0.05, 0.1) is 5.52 Å². The molecule has 4 rings (SSSR count). The van der Waals surface area contributed by atoms with E-state index in [0.717, 1.165) is 34.2 Å².